The van der Waals surface area contributed by atoms with E-state index in [1.54, 1.807) is 6.92 Å². The molecule has 2 atom stereocenters. The molecule has 0 aromatic heterocycles. The molecule has 0 aliphatic carbocycles. The normalized spacial score (nSPS) is 14.0. The first-order valence-electron chi connectivity index (χ1n) is 8.68. The van der Waals surface area contributed by atoms with Crippen molar-refractivity contribution in [1.29, 1.82) is 0 Å². The van der Waals surface area contributed by atoms with Gasteiger partial charge >= 0.3 is 6.17 Å². The molecular formula is C16H32N2O4. The van der Waals surface area contributed by atoms with Gasteiger partial charge in [-0.15, -0.1) is 0 Å². The zero-order valence-corrected chi connectivity index (χ0v) is 14.3. The van der Waals surface area contributed by atoms with Crippen molar-refractivity contribution < 1.29 is 9.85 Å². The summed E-state index contributed by atoms with van der Waals surface area (Å²) in [5.41, 5.74) is 0. The first-order chi connectivity index (χ1) is 10.4. The Balaban J connectivity index is 3.78. The zero-order valence-electron chi connectivity index (χ0n) is 14.3. The molecule has 0 amide bonds. The fourth-order valence-electron chi connectivity index (χ4n) is 2.79. The minimum atomic E-state index is -1.67. The molecule has 0 rings (SSSR count). The summed E-state index contributed by atoms with van der Waals surface area (Å²) in [4.78, 5) is 20.0. The Labute approximate surface area is 134 Å². The van der Waals surface area contributed by atoms with Crippen molar-refractivity contribution in [3.63, 3.8) is 0 Å². The van der Waals surface area contributed by atoms with Crippen LogP contribution in [0, 0.1) is 32.1 Å². The number of hydrogen-bond acceptors (Lipinski definition) is 4. The van der Waals surface area contributed by atoms with Crippen molar-refractivity contribution in [3.05, 3.63) is 20.2 Å². The van der Waals surface area contributed by atoms with Gasteiger partial charge in [0.1, 0.15) is 0 Å². The highest BCUT2D eigenvalue weighted by Gasteiger charge is 2.41. The van der Waals surface area contributed by atoms with E-state index < -0.39 is 21.9 Å². The summed E-state index contributed by atoms with van der Waals surface area (Å²) in [5, 5.41) is 21.5. The summed E-state index contributed by atoms with van der Waals surface area (Å²) in [6.45, 7) is 5.72. The Bertz CT molecular complexity index is 309. The van der Waals surface area contributed by atoms with Gasteiger partial charge in [-0.25, -0.2) is 0 Å². The second-order valence-electron chi connectivity index (χ2n) is 6.44. The molecule has 0 aliphatic heterocycles. The molecule has 0 N–H and O–H groups in total. The molecule has 130 valence electrons. The Morgan fingerprint density at radius 1 is 0.773 bits per heavy atom. The number of rotatable bonds is 14. The van der Waals surface area contributed by atoms with E-state index in [4.69, 9.17) is 0 Å². The predicted octanol–water partition coefficient (Wildman–Crippen LogP) is 5.06. The molecule has 0 saturated heterocycles. The molecule has 22 heavy (non-hydrogen) atoms. The van der Waals surface area contributed by atoms with Crippen molar-refractivity contribution in [3.8, 4) is 0 Å². The largest absolute Gasteiger partial charge is 0.453 e. The highest BCUT2D eigenvalue weighted by Crippen LogP contribution is 2.23. The number of nitrogens with zero attached hydrogens (tertiary/aromatic N) is 2. The average Bonchev–Trinajstić information content (AvgIpc) is 2.44. The van der Waals surface area contributed by atoms with Crippen molar-refractivity contribution >= 4 is 0 Å². The molecule has 6 nitrogen and oxygen atoms in total. The second kappa shape index (κ2) is 12.4. The van der Waals surface area contributed by atoms with Crippen LogP contribution in [0.15, 0.2) is 0 Å². The van der Waals surface area contributed by atoms with E-state index in [-0.39, 0.29) is 5.92 Å². The van der Waals surface area contributed by atoms with Crippen LogP contribution in [0.2, 0.25) is 0 Å². The van der Waals surface area contributed by atoms with E-state index in [9.17, 15) is 20.2 Å². The van der Waals surface area contributed by atoms with Crippen LogP contribution in [0.5, 0.6) is 0 Å². The van der Waals surface area contributed by atoms with Gasteiger partial charge in [-0.05, 0) is 19.3 Å². The lowest BCUT2D eigenvalue weighted by molar-refractivity contribution is -0.752. The fourth-order valence-corrected chi connectivity index (χ4v) is 2.79. The summed E-state index contributed by atoms with van der Waals surface area (Å²) >= 11 is 0. The van der Waals surface area contributed by atoms with Crippen LogP contribution < -0.4 is 0 Å². The lowest BCUT2D eigenvalue weighted by atomic mass is 9.88. The molecule has 2 unspecified atom stereocenters. The smallest absolute Gasteiger partial charge is 0.259 e. The molecule has 0 radical (unpaired) electrons. The lowest BCUT2D eigenvalue weighted by Gasteiger charge is -2.18. The molecule has 0 saturated carbocycles. The SMILES string of the molecule is CCCCCCCCCCCC(C)C(C)C([N+](=O)[O-])[N+](=O)[O-]. The maximum absolute atomic E-state index is 10.8. The Morgan fingerprint density at radius 2 is 1.18 bits per heavy atom. The summed E-state index contributed by atoms with van der Waals surface area (Å²) in [5.74, 6) is -0.524. The molecule has 0 aliphatic rings. The molecule has 0 fully saturated rings. The van der Waals surface area contributed by atoms with Gasteiger partial charge in [0, 0.05) is 0 Å². The topological polar surface area (TPSA) is 86.3 Å². The second-order valence-corrected chi connectivity index (χ2v) is 6.44. The molecule has 0 aromatic rings. The number of unbranched alkanes of at least 4 members (excludes halogenated alkanes) is 8. The van der Waals surface area contributed by atoms with E-state index in [1.165, 1.54) is 44.9 Å². The highest BCUT2D eigenvalue weighted by atomic mass is 16.7. The van der Waals surface area contributed by atoms with Gasteiger partial charge in [0.2, 0.25) is 0 Å². The van der Waals surface area contributed by atoms with E-state index in [1.807, 2.05) is 6.92 Å². The molecule has 0 spiro atoms. The van der Waals surface area contributed by atoms with Crippen molar-refractivity contribution in [2.24, 2.45) is 11.8 Å². The molecule has 6 heteroatoms. The van der Waals surface area contributed by atoms with Gasteiger partial charge in [-0.2, -0.15) is 0 Å². The van der Waals surface area contributed by atoms with Gasteiger partial charge in [-0.3, -0.25) is 20.2 Å². The van der Waals surface area contributed by atoms with Crippen LogP contribution >= 0.6 is 0 Å². The van der Waals surface area contributed by atoms with Gasteiger partial charge < -0.3 is 0 Å². The van der Waals surface area contributed by atoms with Gasteiger partial charge in [0.05, 0.1) is 15.8 Å². The van der Waals surface area contributed by atoms with E-state index in [0.717, 1.165) is 19.3 Å². The first-order valence-corrected chi connectivity index (χ1v) is 8.68. The van der Waals surface area contributed by atoms with Crippen LogP contribution in [0.1, 0.15) is 85.0 Å². The van der Waals surface area contributed by atoms with Crippen LogP contribution in [0.25, 0.3) is 0 Å². The number of nitro groups is 2. The van der Waals surface area contributed by atoms with Crippen LogP contribution in [0.3, 0.4) is 0 Å². The minimum Gasteiger partial charge on any atom is -0.259 e. The zero-order chi connectivity index (χ0) is 17.0. The molecule has 0 aromatic carbocycles. The van der Waals surface area contributed by atoms with Crippen LogP contribution in [-0.2, 0) is 0 Å². The fraction of sp³-hybridized carbons (Fsp3) is 1.00. The average molecular weight is 316 g/mol. The maximum Gasteiger partial charge on any atom is 0.453 e. The predicted molar refractivity (Wildman–Crippen MR) is 87.9 cm³/mol. The van der Waals surface area contributed by atoms with Crippen LogP contribution in [-0.4, -0.2) is 16.0 Å². The monoisotopic (exact) mass is 316 g/mol. The van der Waals surface area contributed by atoms with E-state index in [0.29, 0.717) is 0 Å². The summed E-state index contributed by atoms with van der Waals surface area (Å²) in [7, 11) is 0. The highest BCUT2D eigenvalue weighted by molar-refractivity contribution is 4.65. The quantitative estimate of drug-likeness (QED) is 0.194. The van der Waals surface area contributed by atoms with Crippen molar-refractivity contribution in [2.75, 3.05) is 0 Å². The molecule has 0 bridgehead atoms. The summed E-state index contributed by atoms with van der Waals surface area (Å²) in [6.07, 6.45) is 10.2. The summed E-state index contributed by atoms with van der Waals surface area (Å²) < 4.78 is 0. The van der Waals surface area contributed by atoms with E-state index >= 15 is 0 Å². The van der Waals surface area contributed by atoms with Crippen LogP contribution in [0.4, 0.5) is 0 Å². The summed E-state index contributed by atoms with van der Waals surface area (Å²) in [6, 6.07) is 0. The third kappa shape index (κ3) is 8.95. The Hall–Kier alpha value is -1.20. The lowest BCUT2D eigenvalue weighted by Crippen LogP contribution is -2.38. The molecular weight excluding hydrogens is 284 g/mol. The van der Waals surface area contributed by atoms with Gasteiger partial charge in [0.25, 0.3) is 0 Å². The van der Waals surface area contributed by atoms with E-state index in [2.05, 4.69) is 6.92 Å². The maximum atomic E-state index is 10.8. The third-order valence-electron chi connectivity index (χ3n) is 4.56. The number of hydrogen-bond donors (Lipinski definition) is 0. The first kappa shape index (κ1) is 20.8. The minimum absolute atomic E-state index is 0.00496. The van der Waals surface area contributed by atoms with Crippen molar-refractivity contribution in [2.45, 2.75) is 91.1 Å². The van der Waals surface area contributed by atoms with Crippen molar-refractivity contribution in [1.82, 2.24) is 0 Å². The van der Waals surface area contributed by atoms with Gasteiger partial charge in [-0.1, -0.05) is 71.6 Å². The molecule has 0 heterocycles. The van der Waals surface area contributed by atoms with Gasteiger partial charge in [0.15, 0.2) is 0 Å². The third-order valence-corrected chi connectivity index (χ3v) is 4.56. The Kier molecular flexibility index (Phi) is 11.7. The standard InChI is InChI=1S/C16H32N2O4/c1-4-5-6-7-8-9-10-11-12-13-14(2)15(3)16(17(19)20)18(21)22/h14-16H,4-13H2,1-3H3. The Morgan fingerprint density at radius 3 is 1.59 bits per heavy atom.